The molecule has 0 saturated carbocycles. The smallest absolute Gasteiger partial charge is 0.410 e. The zero-order valence-electron chi connectivity index (χ0n) is 21.8. The Balaban J connectivity index is 1.33. The lowest BCUT2D eigenvalue weighted by Crippen LogP contribution is -2.44. The van der Waals surface area contributed by atoms with Crippen molar-refractivity contribution in [2.45, 2.75) is 19.6 Å². The van der Waals surface area contributed by atoms with Crippen molar-refractivity contribution in [1.29, 1.82) is 0 Å². The summed E-state index contributed by atoms with van der Waals surface area (Å²) in [7, 11) is 1.86. The number of rotatable bonds is 5. The van der Waals surface area contributed by atoms with Crippen LogP contribution in [0, 0.1) is 6.92 Å². The number of carbonyl (C=O) groups is 2. The molecule has 0 spiro atoms. The molecular weight excluding hydrogens is 578 g/mol. The summed E-state index contributed by atoms with van der Waals surface area (Å²) in [6, 6.07) is 14.4. The maximum absolute atomic E-state index is 13.1. The molecule has 0 unspecified atom stereocenters. The number of aromatic nitrogens is 6. The van der Waals surface area contributed by atoms with E-state index in [1.165, 1.54) is 4.90 Å². The Morgan fingerprint density at radius 2 is 2.00 bits per heavy atom. The van der Waals surface area contributed by atoms with E-state index in [-0.39, 0.29) is 19.1 Å². The van der Waals surface area contributed by atoms with Gasteiger partial charge in [0, 0.05) is 35.7 Å². The molecular formula is C27H26BrN9O3. The van der Waals surface area contributed by atoms with Crippen LogP contribution >= 0.6 is 15.9 Å². The summed E-state index contributed by atoms with van der Waals surface area (Å²) in [5, 5.41) is 15.9. The summed E-state index contributed by atoms with van der Waals surface area (Å²) in [4.78, 5) is 37.1. The molecule has 12 nitrogen and oxygen atoms in total. The van der Waals surface area contributed by atoms with Crippen LogP contribution in [0.2, 0.25) is 0 Å². The minimum atomic E-state index is -0.810. The number of nitrogens with zero attached hydrogens (tertiary/aromatic N) is 7. The molecule has 1 atom stereocenters. The van der Waals surface area contributed by atoms with Gasteiger partial charge >= 0.3 is 6.09 Å². The third-order valence-electron chi connectivity index (χ3n) is 6.90. The van der Waals surface area contributed by atoms with Gasteiger partial charge in [0.25, 0.3) is 0 Å². The molecule has 1 saturated heterocycles. The van der Waals surface area contributed by atoms with Gasteiger partial charge in [-0.25, -0.2) is 14.8 Å². The summed E-state index contributed by atoms with van der Waals surface area (Å²) in [6.07, 6.45) is 1.22. The molecule has 204 valence electrons. The number of halogens is 1. The van der Waals surface area contributed by atoms with Crippen LogP contribution in [0.25, 0.3) is 27.9 Å². The summed E-state index contributed by atoms with van der Waals surface area (Å²) in [5.74, 6) is 0.540. The van der Waals surface area contributed by atoms with Gasteiger partial charge in [0.1, 0.15) is 12.6 Å². The molecule has 0 aliphatic carbocycles. The first-order valence-electron chi connectivity index (χ1n) is 12.7. The van der Waals surface area contributed by atoms with Gasteiger partial charge in [-0.05, 0) is 40.5 Å². The maximum Gasteiger partial charge on any atom is 0.410 e. The van der Waals surface area contributed by atoms with Gasteiger partial charge in [0.2, 0.25) is 11.9 Å². The number of fused-ring (bicyclic) bond motifs is 3. The number of nitrogens with one attached hydrogen (secondary N) is 2. The summed E-state index contributed by atoms with van der Waals surface area (Å²) >= 11 is 3.59. The lowest BCUT2D eigenvalue weighted by atomic mass is 10.2. The van der Waals surface area contributed by atoms with E-state index < -0.39 is 12.1 Å². The predicted octanol–water partition coefficient (Wildman–Crippen LogP) is 3.30. The Hall–Kier alpha value is -4.52. The van der Waals surface area contributed by atoms with E-state index in [4.69, 9.17) is 19.8 Å². The third kappa shape index (κ3) is 4.83. The maximum atomic E-state index is 13.1. The van der Waals surface area contributed by atoms with Crippen LogP contribution in [-0.4, -0.2) is 71.9 Å². The number of amides is 2. The molecule has 1 aliphatic rings. The van der Waals surface area contributed by atoms with Crippen molar-refractivity contribution in [3.05, 3.63) is 70.5 Å². The first kappa shape index (κ1) is 25.7. The van der Waals surface area contributed by atoms with Gasteiger partial charge in [0.15, 0.2) is 11.5 Å². The van der Waals surface area contributed by atoms with E-state index in [9.17, 15) is 9.59 Å². The van der Waals surface area contributed by atoms with Crippen LogP contribution in [0.5, 0.6) is 0 Å². The van der Waals surface area contributed by atoms with E-state index in [1.807, 2.05) is 62.5 Å². The van der Waals surface area contributed by atoms with Gasteiger partial charge in [0.05, 0.1) is 23.8 Å². The Kier molecular flexibility index (Phi) is 6.80. The molecule has 13 heteroatoms. The predicted molar refractivity (Wildman–Crippen MR) is 152 cm³/mol. The Morgan fingerprint density at radius 1 is 1.18 bits per heavy atom. The summed E-state index contributed by atoms with van der Waals surface area (Å²) in [6.45, 7) is 2.79. The van der Waals surface area contributed by atoms with Crippen LogP contribution in [-0.2, 0) is 23.2 Å². The molecule has 2 aromatic carbocycles. The lowest BCUT2D eigenvalue weighted by molar-refractivity contribution is -0.121. The minimum absolute atomic E-state index is 0.0832. The molecule has 40 heavy (non-hydrogen) atoms. The van der Waals surface area contributed by atoms with Gasteiger partial charge in [-0.2, -0.15) is 9.61 Å². The molecule has 0 radical (unpaired) electrons. The average molecular weight is 604 g/mol. The van der Waals surface area contributed by atoms with Crippen molar-refractivity contribution in [3.8, 4) is 11.4 Å². The normalized spacial score (nSPS) is 15.7. The molecule has 2 N–H and O–H groups in total. The van der Waals surface area contributed by atoms with Gasteiger partial charge in [-0.1, -0.05) is 36.4 Å². The van der Waals surface area contributed by atoms with Crippen LogP contribution in [0.4, 0.5) is 10.7 Å². The van der Waals surface area contributed by atoms with Crippen LogP contribution < -0.4 is 10.6 Å². The number of anilines is 1. The molecule has 6 rings (SSSR count). The Labute approximate surface area is 237 Å². The van der Waals surface area contributed by atoms with Crippen molar-refractivity contribution in [2.75, 3.05) is 25.0 Å². The first-order chi connectivity index (χ1) is 19.4. The highest BCUT2D eigenvalue weighted by Crippen LogP contribution is 2.29. The molecule has 0 bridgehead atoms. The molecule has 1 aliphatic heterocycles. The third-order valence-corrected chi connectivity index (χ3v) is 7.54. The van der Waals surface area contributed by atoms with Crippen molar-refractivity contribution >= 4 is 50.4 Å². The fourth-order valence-electron chi connectivity index (χ4n) is 4.60. The second-order valence-corrected chi connectivity index (χ2v) is 10.3. The van der Waals surface area contributed by atoms with Gasteiger partial charge in [-0.3, -0.25) is 9.48 Å². The molecule has 2 amide bonds. The van der Waals surface area contributed by atoms with E-state index in [0.717, 1.165) is 26.7 Å². The molecule has 3 aromatic heterocycles. The molecule has 4 heterocycles. The van der Waals surface area contributed by atoms with Crippen molar-refractivity contribution in [3.63, 3.8) is 0 Å². The second kappa shape index (κ2) is 10.6. The Bertz CT molecular complexity index is 1730. The van der Waals surface area contributed by atoms with E-state index >= 15 is 0 Å². The highest BCUT2D eigenvalue weighted by molar-refractivity contribution is 9.10. The number of hydrogen-bond donors (Lipinski definition) is 2. The number of hydrogen-bond acceptors (Lipinski definition) is 8. The van der Waals surface area contributed by atoms with E-state index in [2.05, 4.69) is 31.7 Å². The van der Waals surface area contributed by atoms with Gasteiger partial charge in [-0.15, -0.1) is 5.10 Å². The van der Waals surface area contributed by atoms with E-state index in [0.29, 0.717) is 36.0 Å². The fraction of sp³-hybridized carbons (Fsp3) is 0.259. The SMILES string of the molecule is Cc1c(-c2nc3c4cccc(Br)c4nc(N[C@@H]4CN(C(=O)OCc5ccccc5)CCNC4=O)n3n2)cnn1C. The standard InChI is InChI=1S/C27H26BrN9O3/c1-16-19(13-30-35(16)2)23-33-24-18-9-6-10-20(28)22(18)32-26(37(24)34-23)31-21-14-36(12-11-29-25(21)38)27(39)40-15-17-7-4-3-5-8-17/h3-10,13,21H,11-12,14-15H2,1-2H3,(H,29,38)(H,31,32)/t21-/m1/s1. The zero-order valence-corrected chi connectivity index (χ0v) is 23.4. The quantitative estimate of drug-likeness (QED) is 0.313. The van der Waals surface area contributed by atoms with E-state index in [1.54, 1.807) is 15.4 Å². The number of benzene rings is 2. The van der Waals surface area contributed by atoms with Crippen molar-refractivity contribution < 1.29 is 14.3 Å². The highest BCUT2D eigenvalue weighted by Gasteiger charge is 2.30. The number of aryl methyl sites for hydroxylation is 1. The average Bonchev–Trinajstić information content (AvgIpc) is 3.49. The second-order valence-electron chi connectivity index (χ2n) is 9.48. The highest BCUT2D eigenvalue weighted by atomic mass is 79.9. The van der Waals surface area contributed by atoms with Crippen LogP contribution in [0.15, 0.2) is 59.2 Å². The van der Waals surface area contributed by atoms with Crippen LogP contribution in [0.3, 0.4) is 0 Å². The summed E-state index contributed by atoms with van der Waals surface area (Å²) < 4.78 is 9.65. The van der Waals surface area contributed by atoms with Crippen molar-refractivity contribution in [1.82, 2.24) is 39.6 Å². The monoisotopic (exact) mass is 603 g/mol. The topological polar surface area (TPSA) is 132 Å². The molecule has 5 aromatic rings. The Morgan fingerprint density at radius 3 is 2.77 bits per heavy atom. The number of ether oxygens (including phenoxy) is 1. The largest absolute Gasteiger partial charge is 0.445 e. The fourth-order valence-corrected chi connectivity index (χ4v) is 5.05. The van der Waals surface area contributed by atoms with Gasteiger partial charge < -0.3 is 20.3 Å². The zero-order chi connectivity index (χ0) is 27.8. The number of carbonyl (C=O) groups excluding carboxylic acids is 2. The molecule has 1 fully saturated rings. The lowest BCUT2D eigenvalue weighted by Gasteiger charge is -2.23. The first-order valence-corrected chi connectivity index (χ1v) is 13.5. The summed E-state index contributed by atoms with van der Waals surface area (Å²) in [5.41, 5.74) is 3.82. The number of para-hydroxylation sites is 1. The minimum Gasteiger partial charge on any atom is -0.445 e. The van der Waals surface area contributed by atoms with Crippen molar-refractivity contribution in [2.24, 2.45) is 7.05 Å². The van der Waals surface area contributed by atoms with Crippen LogP contribution in [0.1, 0.15) is 11.3 Å².